The van der Waals surface area contributed by atoms with Gasteiger partial charge >= 0.3 is 0 Å². The molecule has 0 bridgehead atoms. The lowest BCUT2D eigenvalue weighted by atomic mass is 10.0. The second kappa shape index (κ2) is 6.81. The molecule has 0 atom stereocenters. The lowest BCUT2D eigenvalue weighted by molar-refractivity contribution is 0.0120. The molecule has 0 aliphatic carbocycles. The fourth-order valence-corrected chi connectivity index (χ4v) is 4.92. The van der Waals surface area contributed by atoms with Crippen molar-refractivity contribution in [1.82, 2.24) is 19.0 Å². The minimum atomic E-state index is -3.32. The first kappa shape index (κ1) is 17.4. The highest BCUT2D eigenvalue weighted by molar-refractivity contribution is 7.88. The van der Waals surface area contributed by atoms with Crippen LogP contribution >= 0.6 is 0 Å². The molecule has 3 rings (SSSR count). The van der Waals surface area contributed by atoms with Crippen LogP contribution in [0.3, 0.4) is 0 Å². The van der Waals surface area contributed by atoms with Crippen molar-refractivity contribution in [3.8, 4) is 0 Å². The summed E-state index contributed by atoms with van der Waals surface area (Å²) in [5.41, 5.74) is 0.549. The van der Waals surface area contributed by atoms with E-state index in [1.807, 2.05) is 6.92 Å². The van der Waals surface area contributed by atoms with Crippen LogP contribution in [0.1, 0.15) is 30.3 Å². The summed E-state index contributed by atoms with van der Waals surface area (Å²) in [5.74, 6) is -0.0916. The highest BCUT2D eigenvalue weighted by atomic mass is 32.2. The van der Waals surface area contributed by atoms with Crippen LogP contribution in [0.5, 0.6) is 0 Å². The van der Waals surface area contributed by atoms with Gasteiger partial charge in [-0.15, -0.1) is 0 Å². The van der Waals surface area contributed by atoms with Gasteiger partial charge in [0.1, 0.15) is 5.69 Å². The molecule has 1 aromatic heterocycles. The van der Waals surface area contributed by atoms with Gasteiger partial charge in [-0.05, 0) is 25.8 Å². The van der Waals surface area contributed by atoms with Crippen LogP contribution in [0.2, 0.25) is 0 Å². The van der Waals surface area contributed by atoms with E-state index in [-0.39, 0.29) is 18.0 Å². The fourth-order valence-electron chi connectivity index (χ4n) is 3.49. The number of hydrogen-bond donors (Lipinski definition) is 0. The van der Waals surface area contributed by atoms with E-state index in [9.17, 15) is 13.2 Å². The van der Waals surface area contributed by atoms with Crippen LogP contribution in [-0.4, -0.2) is 78.0 Å². The predicted octanol–water partition coefficient (Wildman–Crippen LogP) is 0.168. The first-order valence-electron chi connectivity index (χ1n) is 8.29. The Morgan fingerprint density at radius 3 is 2.58 bits per heavy atom. The van der Waals surface area contributed by atoms with E-state index >= 15 is 0 Å². The number of hydrogen-bond acceptors (Lipinski definition) is 5. The quantitative estimate of drug-likeness (QED) is 0.751. The maximum Gasteiger partial charge on any atom is 0.272 e. The Bertz CT molecular complexity index is 690. The van der Waals surface area contributed by atoms with Crippen LogP contribution in [-0.2, 0) is 21.3 Å². The van der Waals surface area contributed by atoms with Crippen molar-refractivity contribution in [3.05, 3.63) is 18.0 Å². The zero-order chi connectivity index (χ0) is 17.3. The third kappa shape index (κ3) is 3.33. The molecule has 3 heterocycles. The van der Waals surface area contributed by atoms with Crippen molar-refractivity contribution in [3.63, 3.8) is 0 Å². The molecule has 1 aromatic rings. The number of ether oxygens (including phenoxy) is 1. The molecular weight excluding hydrogens is 332 g/mol. The van der Waals surface area contributed by atoms with Crippen LogP contribution in [0.4, 0.5) is 0 Å². The smallest absolute Gasteiger partial charge is 0.272 e. The van der Waals surface area contributed by atoms with Gasteiger partial charge in [0.05, 0.1) is 12.3 Å². The SMILES string of the molecule is CCn1nccc1C(=O)N1CC(N(C2CCOCC2)S(C)(=O)=O)C1. The standard InChI is InChI=1S/C15H24N4O4S/c1-3-18-14(4-7-16-18)15(20)17-10-13(11-17)19(24(2,21)22)12-5-8-23-9-6-12/h4,7,12-13H,3,5-6,8-11H2,1-2H3. The molecule has 2 aliphatic rings. The summed E-state index contributed by atoms with van der Waals surface area (Å²) < 4.78 is 33.1. The molecule has 9 heteroatoms. The average molecular weight is 356 g/mol. The Labute approximate surface area is 142 Å². The van der Waals surface area contributed by atoms with E-state index in [2.05, 4.69) is 5.10 Å². The number of carbonyl (C=O) groups is 1. The average Bonchev–Trinajstić information content (AvgIpc) is 2.98. The third-order valence-corrected chi connectivity index (χ3v) is 6.04. The Kier molecular flexibility index (Phi) is 4.93. The topological polar surface area (TPSA) is 84.7 Å². The Morgan fingerprint density at radius 1 is 1.33 bits per heavy atom. The summed E-state index contributed by atoms with van der Waals surface area (Å²) in [7, 11) is -3.32. The van der Waals surface area contributed by atoms with Gasteiger partial charge in [-0.3, -0.25) is 9.48 Å². The minimum Gasteiger partial charge on any atom is -0.381 e. The van der Waals surface area contributed by atoms with Crippen LogP contribution in [0, 0.1) is 0 Å². The van der Waals surface area contributed by atoms with E-state index in [1.165, 1.54) is 6.26 Å². The van der Waals surface area contributed by atoms with Crippen molar-refractivity contribution in [1.29, 1.82) is 0 Å². The largest absolute Gasteiger partial charge is 0.381 e. The third-order valence-electron chi connectivity index (χ3n) is 4.68. The molecule has 24 heavy (non-hydrogen) atoms. The summed E-state index contributed by atoms with van der Waals surface area (Å²) in [5, 5.41) is 4.11. The maximum atomic E-state index is 12.5. The van der Waals surface area contributed by atoms with Gasteiger partial charge in [-0.2, -0.15) is 9.40 Å². The zero-order valence-electron chi connectivity index (χ0n) is 14.1. The number of nitrogens with zero attached hydrogens (tertiary/aromatic N) is 4. The highest BCUT2D eigenvalue weighted by Crippen LogP contribution is 2.26. The van der Waals surface area contributed by atoms with E-state index < -0.39 is 10.0 Å². The molecule has 134 valence electrons. The van der Waals surface area contributed by atoms with Crippen molar-refractivity contribution >= 4 is 15.9 Å². The lowest BCUT2D eigenvalue weighted by Crippen LogP contribution is -2.64. The monoisotopic (exact) mass is 356 g/mol. The lowest BCUT2D eigenvalue weighted by Gasteiger charge is -2.47. The fraction of sp³-hybridized carbons (Fsp3) is 0.733. The van der Waals surface area contributed by atoms with Crippen molar-refractivity contribution in [2.75, 3.05) is 32.6 Å². The molecule has 1 amide bonds. The maximum absolute atomic E-state index is 12.5. The van der Waals surface area contributed by atoms with Crippen LogP contribution in [0.15, 0.2) is 12.3 Å². The van der Waals surface area contributed by atoms with E-state index in [0.717, 1.165) is 0 Å². The molecule has 0 radical (unpaired) electrons. The van der Waals surface area contributed by atoms with Crippen molar-refractivity contribution < 1.29 is 17.9 Å². The van der Waals surface area contributed by atoms with E-state index in [0.29, 0.717) is 51.4 Å². The van der Waals surface area contributed by atoms with Gasteiger partial charge in [-0.1, -0.05) is 0 Å². The number of amides is 1. The summed E-state index contributed by atoms with van der Waals surface area (Å²) in [6.07, 6.45) is 4.28. The predicted molar refractivity (Wildman–Crippen MR) is 88.1 cm³/mol. The Hall–Kier alpha value is -1.45. The summed E-state index contributed by atoms with van der Waals surface area (Å²) in [6, 6.07) is 1.52. The van der Waals surface area contributed by atoms with Crippen LogP contribution in [0.25, 0.3) is 0 Å². The molecule has 0 unspecified atom stereocenters. The van der Waals surface area contributed by atoms with Crippen LogP contribution < -0.4 is 0 Å². The van der Waals surface area contributed by atoms with Gasteiger partial charge < -0.3 is 9.64 Å². The number of carbonyl (C=O) groups excluding carboxylic acids is 1. The van der Waals surface area contributed by atoms with Gasteiger partial charge in [0, 0.05) is 45.1 Å². The molecule has 0 saturated carbocycles. The number of rotatable bonds is 5. The van der Waals surface area contributed by atoms with Crippen molar-refractivity contribution in [2.24, 2.45) is 0 Å². The molecule has 0 spiro atoms. The first-order valence-corrected chi connectivity index (χ1v) is 10.1. The second-order valence-electron chi connectivity index (χ2n) is 6.33. The van der Waals surface area contributed by atoms with Crippen molar-refractivity contribution in [2.45, 2.75) is 38.4 Å². The molecule has 0 aromatic carbocycles. The highest BCUT2D eigenvalue weighted by Gasteiger charge is 2.43. The molecule has 2 saturated heterocycles. The molecule has 8 nitrogen and oxygen atoms in total. The Balaban J connectivity index is 1.68. The van der Waals surface area contributed by atoms with Gasteiger partial charge in [0.25, 0.3) is 5.91 Å². The number of aromatic nitrogens is 2. The molecule has 2 aliphatic heterocycles. The Morgan fingerprint density at radius 2 is 2.00 bits per heavy atom. The normalized spacial score (nSPS) is 20.4. The van der Waals surface area contributed by atoms with Gasteiger partial charge in [-0.25, -0.2) is 8.42 Å². The van der Waals surface area contributed by atoms with E-state index in [1.54, 1.807) is 26.2 Å². The summed E-state index contributed by atoms with van der Waals surface area (Å²) in [6.45, 7) is 4.59. The molecular formula is C15H24N4O4S. The first-order chi connectivity index (χ1) is 11.4. The molecule has 0 N–H and O–H groups in total. The second-order valence-corrected chi connectivity index (χ2v) is 8.22. The number of likely N-dealkylation sites (tertiary alicyclic amines) is 1. The number of aryl methyl sites for hydroxylation is 1. The van der Waals surface area contributed by atoms with E-state index in [4.69, 9.17) is 4.74 Å². The summed E-state index contributed by atoms with van der Waals surface area (Å²) in [4.78, 5) is 14.2. The minimum absolute atomic E-state index is 0.0304. The zero-order valence-corrected chi connectivity index (χ0v) is 14.9. The van der Waals surface area contributed by atoms with Gasteiger partial charge in [0.2, 0.25) is 10.0 Å². The van der Waals surface area contributed by atoms with Gasteiger partial charge in [0.15, 0.2) is 0 Å². The molecule has 2 fully saturated rings. The summed E-state index contributed by atoms with van der Waals surface area (Å²) >= 11 is 0. The number of sulfonamides is 1.